The van der Waals surface area contributed by atoms with Gasteiger partial charge in [0.15, 0.2) is 0 Å². The summed E-state index contributed by atoms with van der Waals surface area (Å²) in [5, 5.41) is 6.89. The summed E-state index contributed by atoms with van der Waals surface area (Å²) >= 11 is 0. The summed E-state index contributed by atoms with van der Waals surface area (Å²) < 4.78 is 15.4. The summed E-state index contributed by atoms with van der Waals surface area (Å²) in [7, 11) is 1.79. The fourth-order valence-electron chi connectivity index (χ4n) is 2.30. The number of halogens is 1. The Morgan fingerprint density at radius 2 is 1.77 bits per heavy atom. The van der Waals surface area contributed by atoms with Crippen molar-refractivity contribution in [1.82, 2.24) is 9.78 Å². The topological polar surface area (TPSA) is 46.9 Å². The largest absolute Gasteiger partial charge is 0.319 e. The number of nitrogens with zero attached hydrogens (tertiary/aromatic N) is 2. The van der Waals surface area contributed by atoms with E-state index in [1.165, 1.54) is 12.1 Å². The van der Waals surface area contributed by atoms with Crippen LogP contribution in [0.3, 0.4) is 0 Å². The van der Waals surface area contributed by atoms with E-state index in [9.17, 15) is 9.18 Å². The molecule has 0 unspecified atom stereocenters. The zero-order valence-corrected chi connectivity index (χ0v) is 12.0. The normalized spacial score (nSPS) is 10.5. The molecule has 5 heteroatoms. The number of hydrogen-bond acceptors (Lipinski definition) is 2. The zero-order valence-electron chi connectivity index (χ0n) is 12.0. The Labute approximate surface area is 127 Å². The van der Waals surface area contributed by atoms with Gasteiger partial charge in [-0.25, -0.2) is 4.39 Å². The minimum Gasteiger partial charge on any atom is -0.319 e. The molecular weight excluding hydrogens is 281 g/mol. The molecule has 0 bridgehead atoms. The van der Waals surface area contributed by atoms with Crippen LogP contribution in [-0.2, 0) is 7.05 Å². The van der Waals surface area contributed by atoms with E-state index in [1.54, 1.807) is 30.1 Å². The molecule has 2 aromatic carbocycles. The number of hydrogen-bond donors (Lipinski definition) is 1. The van der Waals surface area contributed by atoms with Crippen LogP contribution in [0.2, 0.25) is 0 Å². The number of carbonyl (C=O) groups excluding carboxylic acids is 1. The van der Waals surface area contributed by atoms with Gasteiger partial charge in [0.25, 0.3) is 5.91 Å². The van der Waals surface area contributed by atoms with Crippen molar-refractivity contribution in [3.05, 3.63) is 72.2 Å². The van der Waals surface area contributed by atoms with Crippen LogP contribution in [0.5, 0.6) is 0 Å². The fourth-order valence-corrected chi connectivity index (χ4v) is 2.30. The number of aromatic nitrogens is 2. The lowest BCUT2D eigenvalue weighted by molar-refractivity contribution is 0.102. The highest BCUT2D eigenvalue weighted by Crippen LogP contribution is 2.27. The van der Waals surface area contributed by atoms with E-state index >= 15 is 0 Å². The molecule has 0 aliphatic carbocycles. The van der Waals surface area contributed by atoms with Gasteiger partial charge in [-0.05, 0) is 12.1 Å². The molecule has 0 aliphatic rings. The van der Waals surface area contributed by atoms with Crippen molar-refractivity contribution in [2.75, 3.05) is 5.32 Å². The van der Waals surface area contributed by atoms with Gasteiger partial charge < -0.3 is 5.32 Å². The van der Waals surface area contributed by atoms with E-state index in [-0.39, 0.29) is 5.56 Å². The van der Waals surface area contributed by atoms with E-state index in [1.807, 2.05) is 30.3 Å². The van der Waals surface area contributed by atoms with Gasteiger partial charge in [0.2, 0.25) is 0 Å². The lowest BCUT2D eigenvalue weighted by Crippen LogP contribution is -2.14. The Hall–Kier alpha value is -2.95. The quantitative estimate of drug-likeness (QED) is 0.804. The van der Waals surface area contributed by atoms with Crippen LogP contribution in [0.4, 0.5) is 10.1 Å². The molecule has 3 rings (SSSR count). The molecule has 110 valence electrons. The number of anilines is 1. The first-order chi connectivity index (χ1) is 10.7. The van der Waals surface area contributed by atoms with Crippen molar-refractivity contribution in [2.24, 2.45) is 7.05 Å². The Morgan fingerprint density at radius 3 is 2.50 bits per heavy atom. The summed E-state index contributed by atoms with van der Waals surface area (Å²) in [5.74, 6) is -1.05. The van der Waals surface area contributed by atoms with E-state index in [4.69, 9.17) is 0 Å². The first kappa shape index (κ1) is 14.0. The molecule has 0 saturated carbocycles. The monoisotopic (exact) mass is 295 g/mol. The Kier molecular flexibility index (Phi) is 3.70. The molecule has 1 aromatic heterocycles. The number of benzene rings is 2. The van der Waals surface area contributed by atoms with Crippen molar-refractivity contribution in [3.63, 3.8) is 0 Å². The molecule has 1 heterocycles. The van der Waals surface area contributed by atoms with Gasteiger partial charge in [-0.3, -0.25) is 9.48 Å². The van der Waals surface area contributed by atoms with Crippen LogP contribution >= 0.6 is 0 Å². The van der Waals surface area contributed by atoms with Crippen LogP contribution in [0.25, 0.3) is 11.3 Å². The Balaban J connectivity index is 1.94. The SMILES string of the molecule is Cn1ncc(NC(=O)c2ccccc2F)c1-c1ccccc1. The lowest BCUT2D eigenvalue weighted by Gasteiger charge is -2.08. The molecule has 0 spiro atoms. The number of nitrogens with one attached hydrogen (secondary N) is 1. The molecule has 0 fully saturated rings. The fraction of sp³-hybridized carbons (Fsp3) is 0.0588. The first-order valence-electron chi connectivity index (χ1n) is 6.80. The van der Waals surface area contributed by atoms with Crippen molar-refractivity contribution in [1.29, 1.82) is 0 Å². The average molecular weight is 295 g/mol. The molecule has 0 atom stereocenters. The van der Waals surface area contributed by atoms with Gasteiger partial charge >= 0.3 is 0 Å². The lowest BCUT2D eigenvalue weighted by atomic mass is 10.1. The predicted molar refractivity (Wildman–Crippen MR) is 83.0 cm³/mol. The number of carbonyl (C=O) groups is 1. The van der Waals surface area contributed by atoms with Crippen molar-refractivity contribution in [3.8, 4) is 11.3 Å². The van der Waals surface area contributed by atoms with E-state index in [0.717, 1.165) is 11.3 Å². The molecule has 0 radical (unpaired) electrons. The molecule has 22 heavy (non-hydrogen) atoms. The second kappa shape index (κ2) is 5.81. The second-order valence-corrected chi connectivity index (χ2v) is 4.83. The smallest absolute Gasteiger partial charge is 0.258 e. The van der Waals surface area contributed by atoms with Crippen LogP contribution < -0.4 is 5.32 Å². The summed E-state index contributed by atoms with van der Waals surface area (Å²) in [5.41, 5.74) is 2.24. The third-order valence-electron chi connectivity index (χ3n) is 3.35. The summed E-state index contributed by atoms with van der Waals surface area (Å²) in [6, 6.07) is 15.5. The highest BCUT2D eigenvalue weighted by atomic mass is 19.1. The summed E-state index contributed by atoms with van der Waals surface area (Å²) in [4.78, 5) is 12.2. The third-order valence-corrected chi connectivity index (χ3v) is 3.35. The maximum atomic E-state index is 13.7. The highest BCUT2D eigenvalue weighted by molar-refractivity contribution is 6.06. The standard InChI is InChI=1S/C17H14FN3O/c1-21-16(12-7-3-2-4-8-12)15(11-19-21)20-17(22)13-9-5-6-10-14(13)18/h2-11H,1H3,(H,20,22). The minimum absolute atomic E-state index is 0.00497. The van der Waals surface area contributed by atoms with Gasteiger partial charge in [0, 0.05) is 12.6 Å². The Bertz CT molecular complexity index is 812. The van der Waals surface area contributed by atoms with Gasteiger partial charge in [-0.2, -0.15) is 5.10 Å². The van der Waals surface area contributed by atoms with Gasteiger partial charge in [-0.15, -0.1) is 0 Å². The molecule has 0 saturated heterocycles. The minimum atomic E-state index is -0.551. The van der Waals surface area contributed by atoms with Gasteiger partial charge in [-0.1, -0.05) is 42.5 Å². The van der Waals surface area contributed by atoms with Crippen molar-refractivity contribution < 1.29 is 9.18 Å². The molecule has 3 aromatic rings. The van der Waals surface area contributed by atoms with Crippen LogP contribution in [0.1, 0.15) is 10.4 Å². The van der Waals surface area contributed by atoms with Crippen LogP contribution in [-0.4, -0.2) is 15.7 Å². The maximum Gasteiger partial charge on any atom is 0.258 e. The van der Waals surface area contributed by atoms with Crippen LogP contribution in [0, 0.1) is 5.82 Å². The number of amides is 1. The molecule has 1 N–H and O–H groups in total. The molecule has 4 nitrogen and oxygen atoms in total. The maximum absolute atomic E-state index is 13.7. The number of rotatable bonds is 3. The third kappa shape index (κ3) is 2.61. The zero-order chi connectivity index (χ0) is 15.5. The highest BCUT2D eigenvalue weighted by Gasteiger charge is 2.16. The predicted octanol–water partition coefficient (Wildman–Crippen LogP) is 3.48. The van der Waals surface area contributed by atoms with E-state index < -0.39 is 11.7 Å². The van der Waals surface area contributed by atoms with Gasteiger partial charge in [0.05, 0.1) is 23.1 Å². The summed E-state index contributed by atoms with van der Waals surface area (Å²) in [6.07, 6.45) is 1.56. The molecule has 0 aliphatic heterocycles. The number of aryl methyl sites for hydroxylation is 1. The van der Waals surface area contributed by atoms with E-state index in [2.05, 4.69) is 10.4 Å². The molecule has 1 amide bonds. The average Bonchev–Trinajstić information content (AvgIpc) is 2.89. The summed E-state index contributed by atoms with van der Waals surface area (Å²) in [6.45, 7) is 0. The van der Waals surface area contributed by atoms with Crippen molar-refractivity contribution >= 4 is 11.6 Å². The Morgan fingerprint density at radius 1 is 1.09 bits per heavy atom. The molecular formula is C17H14FN3O. The van der Waals surface area contributed by atoms with Gasteiger partial charge in [0.1, 0.15) is 5.82 Å². The first-order valence-corrected chi connectivity index (χ1v) is 6.80. The second-order valence-electron chi connectivity index (χ2n) is 4.83. The van der Waals surface area contributed by atoms with Crippen molar-refractivity contribution in [2.45, 2.75) is 0 Å². The van der Waals surface area contributed by atoms with Crippen LogP contribution in [0.15, 0.2) is 60.8 Å². The van der Waals surface area contributed by atoms with E-state index in [0.29, 0.717) is 5.69 Å².